The van der Waals surface area contributed by atoms with Gasteiger partial charge in [0.2, 0.25) is 11.8 Å². The van der Waals surface area contributed by atoms with Gasteiger partial charge in [0.05, 0.1) is 17.7 Å². The van der Waals surface area contributed by atoms with Crippen LogP contribution in [0.3, 0.4) is 0 Å². The number of fused-ring (bicyclic) bond motifs is 3. The summed E-state index contributed by atoms with van der Waals surface area (Å²) in [6.45, 7) is 0.239. The molecule has 3 heterocycles. The number of carbonyl (C=O) groups is 2. The molecule has 1 aliphatic carbocycles. The van der Waals surface area contributed by atoms with Crippen molar-refractivity contribution in [3.8, 4) is 0 Å². The average molecular weight is 331 g/mol. The third-order valence-electron chi connectivity index (χ3n) is 5.50. The van der Waals surface area contributed by atoms with E-state index in [9.17, 15) is 9.59 Å². The van der Waals surface area contributed by atoms with Gasteiger partial charge in [0.15, 0.2) is 0 Å². The van der Waals surface area contributed by atoms with Gasteiger partial charge in [0.1, 0.15) is 5.65 Å². The van der Waals surface area contributed by atoms with E-state index in [0.29, 0.717) is 0 Å². The smallest absolute Gasteiger partial charge is 0.240 e. The quantitative estimate of drug-likeness (QED) is 0.678. The van der Waals surface area contributed by atoms with E-state index in [1.54, 1.807) is 0 Å². The summed E-state index contributed by atoms with van der Waals surface area (Å²) in [5.74, 6) is -0.168. The van der Waals surface area contributed by atoms with Crippen LogP contribution in [0.15, 0.2) is 54.9 Å². The summed E-state index contributed by atoms with van der Waals surface area (Å²) in [6.07, 6.45) is 5.64. The van der Waals surface area contributed by atoms with Gasteiger partial charge in [-0.05, 0) is 36.1 Å². The zero-order chi connectivity index (χ0) is 17.0. The SMILES string of the molecule is O=C1C[C@@]2(CCc3ccccc32)C(=O)N1Cc1cn2ccccc2n1. The van der Waals surface area contributed by atoms with E-state index in [0.717, 1.165) is 29.7 Å². The number of hydrogen-bond donors (Lipinski definition) is 0. The van der Waals surface area contributed by atoms with Crippen molar-refractivity contribution in [3.63, 3.8) is 0 Å². The maximum atomic E-state index is 13.2. The first kappa shape index (κ1) is 14.4. The van der Waals surface area contributed by atoms with Gasteiger partial charge < -0.3 is 4.40 Å². The van der Waals surface area contributed by atoms with Crippen LogP contribution < -0.4 is 0 Å². The summed E-state index contributed by atoms with van der Waals surface area (Å²) < 4.78 is 1.90. The van der Waals surface area contributed by atoms with Gasteiger partial charge in [0.25, 0.3) is 0 Å². The largest absolute Gasteiger partial charge is 0.307 e. The van der Waals surface area contributed by atoms with Crippen LogP contribution in [0.2, 0.25) is 0 Å². The minimum Gasteiger partial charge on any atom is -0.307 e. The topological polar surface area (TPSA) is 54.7 Å². The monoisotopic (exact) mass is 331 g/mol. The third kappa shape index (κ3) is 1.98. The Kier molecular flexibility index (Phi) is 2.89. The highest BCUT2D eigenvalue weighted by Gasteiger charge is 2.55. The number of amides is 2. The normalized spacial score (nSPS) is 22.3. The first-order valence-electron chi connectivity index (χ1n) is 8.53. The molecule has 5 nitrogen and oxygen atoms in total. The lowest BCUT2D eigenvalue weighted by atomic mass is 9.80. The summed E-state index contributed by atoms with van der Waals surface area (Å²) in [7, 11) is 0. The summed E-state index contributed by atoms with van der Waals surface area (Å²) in [6, 6.07) is 13.8. The molecule has 25 heavy (non-hydrogen) atoms. The molecule has 0 N–H and O–H groups in total. The molecule has 124 valence electrons. The van der Waals surface area contributed by atoms with Crippen LogP contribution in [0, 0.1) is 0 Å². The van der Waals surface area contributed by atoms with Crippen LogP contribution in [0.4, 0.5) is 0 Å². The second kappa shape index (κ2) is 5.02. The standard InChI is InChI=1S/C20H17N3O2/c24-18-11-20(9-8-14-5-1-2-6-16(14)20)19(25)23(18)13-15-12-22-10-4-3-7-17(22)21-15/h1-7,10,12H,8-9,11,13H2/t20-/m1/s1. The van der Waals surface area contributed by atoms with Crippen molar-refractivity contribution >= 4 is 17.5 Å². The van der Waals surface area contributed by atoms with E-state index in [1.165, 1.54) is 10.5 Å². The van der Waals surface area contributed by atoms with Gasteiger partial charge in [0, 0.05) is 18.8 Å². The molecule has 0 unspecified atom stereocenters. The number of pyridine rings is 1. The number of likely N-dealkylation sites (tertiary alicyclic amines) is 1. The van der Waals surface area contributed by atoms with E-state index in [1.807, 2.05) is 53.2 Å². The number of nitrogens with zero attached hydrogens (tertiary/aromatic N) is 3. The number of carbonyl (C=O) groups excluding carboxylic acids is 2. The number of aryl methyl sites for hydroxylation is 1. The molecule has 1 spiro atoms. The fourth-order valence-electron chi connectivity index (χ4n) is 4.28. The van der Waals surface area contributed by atoms with E-state index < -0.39 is 5.41 Å². The molecular weight excluding hydrogens is 314 g/mol. The zero-order valence-corrected chi connectivity index (χ0v) is 13.7. The highest BCUT2D eigenvalue weighted by atomic mass is 16.2. The Labute approximate surface area is 144 Å². The van der Waals surface area contributed by atoms with Crippen molar-refractivity contribution in [3.05, 3.63) is 71.7 Å². The molecule has 0 saturated carbocycles. The predicted octanol–water partition coefficient (Wildman–Crippen LogP) is 2.48. The molecule has 1 aromatic carbocycles. The van der Waals surface area contributed by atoms with Gasteiger partial charge in [-0.25, -0.2) is 4.98 Å². The molecule has 2 aliphatic rings. The molecule has 1 saturated heterocycles. The Balaban J connectivity index is 1.49. The first-order chi connectivity index (χ1) is 12.2. The maximum absolute atomic E-state index is 13.2. The summed E-state index contributed by atoms with van der Waals surface area (Å²) in [5.41, 5.74) is 3.12. The predicted molar refractivity (Wildman–Crippen MR) is 91.8 cm³/mol. The second-order valence-electron chi connectivity index (χ2n) is 6.90. The van der Waals surface area contributed by atoms with Crippen LogP contribution >= 0.6 is 0 Å². The van der Waals surface area contributed by atoms with Crippen LogP contribution in [0.1, 0.15) is 29.7 Å². The molecule has 1 fully saturated rings. The van der Waals surface area contributed by atoms with Crippen molar-refractivity contribution in [1.82, 2.24) is 14.3 Å². The summed E-state index contributed by atoms with van der Waals surface area (Å²) in [5, 5.41) is 0. The van der Waals surface area contributed by atoms with Crippen molar-refractivity contribution in [1.29, 1.82) is 0 Å². The zero-order valence-electron chi connectivity index (χ0n) is 13.7. The lowest BCUT2D eigenvalue weighted by Gasteiger charge is -2.22. The molecule has 3 aromatic rings. The summed E-state index contributed by atoms with van der Waals surface area (Å²) in [4.78, 5) is 31.8. The fraction of sp³-hybridized carbons (Fsp3) is 0.250. The highest BCUT2D eigenvalue weighted by molar-refractivity contribution is 6.09. The summed E-state index contributed by atoms with van der Waals surface area (Å²) >= 11 is 0. The number of hydrogen-bond acceptors (Lipinski definition) is 3. The third-order valence-corrected chi connectivity index (χ3v) is 5.50. The lowest BCUT2D eigenvalue weighted by molar-refractivity contribution is -0.140. The number of aromatic nitrogens is 2. The van der Waals surface area contributed by atoms with Crippen LogP contribution in [-0.2, 0) is 28.0 Å². The van der Waals surface area contributed by atoms with Crippen LogP contribution in [0.25, 0.3) is 5.65 Å². The van der Waals surface area contributed by atoms with Crippen molar-refractivity contribution in [2.24, 2.45) is 0 Å². The molecule has 5 rings (SSSR count). The maximum Gasteiger partial charge on any atom is 0.240 e. The van der Waals surface area contributed by atoms with Gasteiger partial charge >= 0.3 is 0 Å². The van der Waals surface area contributed by atoms with Gasteiger partial charge in [-0.1, -0.05) is 30.3 Å². The molecule has 0 radical (unpaired) electrons. The van der Waals surface area contributed by atoms with Crippen molar-refractivity contribution < 1.29 is 9.59 Å². The fourth-order valence-corrected chi connectivity index (χ4v) is 4.28. The minimum atomic E-state index is -0.660. The molecule has 0 bridgehead atoms. The van der Waals surface area contributed by atoms with E-state index in [4.69, 9.17) is 0 Å². The number of rotatable bonds is 2. The van der Waals surface area contributed by atoms with E-state index >= 15 is 0 Å². The number of imide groups is 1. The molecular formula is C20H17N3O2. The van der Waals surface area contributed by atoms with Crippen molar-refractivity contribution in [2.75, 3.05) is 0 Å². The lowest BCUT2D eigenvalue weighted by Crippen LogP contribution is -2.36. The van der Waals surface area contributed by atoms with E-state index in [2.05, 4.69) is 11.1 Å². The van der Waals surface area contributed by atoms with Gasteiger partial charge in [-0.2, -0.15) is 0 Å². The van der Waals surface area contributed by atoms with E-state index in [-0.39, 0.29) is 24.8 Å². The van der Waals surface area contributed by atoms with Crippen molar-refractivity contribution in [2.45, 2.75) is 31.2 Å². The Morgan fingerprint density at radius 3 is 2.80 bits per heavy atom. The van der Waals surface area contributed by atoms with Gasteiger partial charge in [-0.3, -0.25) is 14.5 Å². The average Bonchev–Trinajstić information content (AvgIpc) is 3.27. The number of benzene rings is 1. The molecule has 1 aliphatic heterocycles. The first-order valence-corrected chi connectivity index (χ1v) is 8.53. The second-order valence-corrected chi connectivity index (χ2v) is 6.90. The molecule has 2 aromatic heterocycles. The molecule has 1 atom stereocenters. The molecule has 2 amide bonds. The minimum absolute atomic E-state index is 0.0699. The van der Waals surface area contributed by atoms with Crippen LogP contribution in [0.5, 0.6) is 0 Å². The Hall–Kier alpha value is -2.95. The highest BCUT2D eigenvalue weighted by Crippen LogP contribution is 2.47. The van der Waals surface area contributed by atoms with Gasteiger partial charge in [-0.15, -0.1) is 0 Å². The number of imidazole rings is 1. The Morgan fingerprint density at radius 1 is 1.08 bits per heavy atom. The molecule has 5 heteroatoms. The Morgan fingerprint density at radius 2 is 1.92 bits per heavy atom. The Bertz CT molecular complexity index is 989. The van der Waals surface area contributed by atoms with Crippen LogP contribution in [-0.4, -0.2) is 26.1 Å².